The van der Waals surface area contributed by atoms with E-state index in [4.69, 9.17) is 56.8 Å². The molecule has 0 fully saturated rings. The van der Waals surface area contributed by atoms with Gasteiger partial charge in [0.15, 0.2) is 0 Å². The van der Waals surface area contributed by atoms with Crippen LogP contribution in [0.1, 0.15) is 87.5 Å². The van der Waals surface area contributed by atoms with Crippen LogP contribution >= 0.6 is 15.9 Å². The first-order chi connectivity index (χ1) is 50.4. The minimum absolute atomic E-state index is 0.283. The topological polar surface area (TPSA) is 145 Å². The largest absolute Gasteiger partial charge is 0.497 e. The van der Waals surface area contributed by atoms with Gasteiger partial charge >= 0.3 is 11.9 Å². The maximum Gasteiger partial charge on any atom is 0.337 e. The molecule has 0 spiro atoms. The summed E-state index contributed by atoms with van der Waals surface area (Å²) in [7, 11) is 9.39. The third-order valence-corrected chi connectivity index (χ3v) is 18.5. The number of halogens is 1. The normalized spacial score (nSPS) is 11.4. The maximum absolute atomic E-state index is 11.9. The molecular formula is C88H77BrO14. The van der Waals surface area contributed by atoms with Gasteiger partial charge in [-0.2, -0.15) is 0 Å². The van der Waals surface area contributed by atoms with Gasteiger partial charge in [0, 0.05) is 17.2 Å². The third kappa shape index (κ3) is 16.7. The zero-order valence-electron chi connectivity index (χ0n) is 58.0. The summed E-state index contributed by atoms with van der Waals surface area (Å²) in [6.07, 6.45) is 0. The highest BCUT2D eigenvalue weighted by Crippen LogP contribution is 2.46. The number of hydrogen-bond donors (Lipinski definition) is 0. The Hall–Kier alpha value is -11.6. The number of esters is 2. The van der Waals surface area contributed by atoms with Gasteiger partial charge in [-0.3, -0.25) is 0 Å². The van der Waals surface area contributed by atoms with Crippen LogP contribution in [-0.4, -0.2) is 54.6 Å². The Morgan fingerprint density at radius 2 is 0.709 bits per heavy atom. The number of methoxy groups -OCH3 is 6. The van der Waals surface area contributed by atoms with Crippen LogP contribution in [0.5, 0.6) is 46.0 Å². The molecule has 0 unspecified atom stereocenters. The number of ether oxygens (including phenoxy) is 12. The molecule has 15 heteroatoms. The molecule has 0 atom stereocenters. The number of benzene rings is 12. The zero-order valence-corrected chi connectivity index (χ0v) is 59.6. The van der Waals surface area contributed by atoms with Crippen LogP contribution in [0.15, 0.2) is 290 Å². The van der Waals surface area contributed by atoms with E-state index in [2.05, 4.69) is 125 Å². The summed E-state index contributed by atoms with van der Waals surface area (Å²) in [5, 5.41) is 0. The Kier molecular flexibility index (Phi) is 23.3. The van der Waals surface area contributed by atoms with E-state index >= 15 is 0 Å². The van der Waals surface area contributed by atoms with Crippen LogP contribution in [0.2, 0.25) is 0 Å². The van der Waals surface area contributed by atoms with Crippen molar-refractivity contribution in [3.8, 4) is 57.1 Å². The Morgan fingerprint density at radius 3 is 1.16 bits per heavy atom. The van der Waals surface area contributed by atoms with Gasteiger partial charge in [0.25, 0.3) is 0 Å². The highest BCUT2D eigenvalue weighted by Gasteiger charge is 2.40. The molecule has 13 rings (SSSR count). The summed E-state index contributed by atoms with van der Waals surface area (Å²) in [5.74, 6) is 5.12. The second-order valence-corrected chi connectivity index (χ2v) is 25.0. The molecule has 0 N–H and O–H groups in total. The third-order valence-electron chi connectivity index (χ3n) is 17.8. The molecule has 103 heavy (non-hydrogen) atoms. The summed E-state index contributed by atoms with van der Waals surface area (Å²) >= 11 is 3.61. The lowest BCUT2D eigenvalue weighted by molar-refractivity contribution is 0.0000498. The Labute approximate surface area is 608 Å². The van der Waals surface area contributed by atoms with E-state index in [1.165, 1.54) is 14.2 Å². The van der Waals surface area contributed by atoms with E-state index in [-0.39, 0.29) is 18.5 Å². The van der Waals surface area contributed by atoms with Crippen molar-refractivity contribution in [1.29, 1.82) is 0 Å². The van der Waals surface area contributed by atoms with Crippen LogP contribution in [0, 0.1) is 0 Å². The van der Waals surface area contributed by atoms with Gasteiger partial charge in [-0.05, 0) is 186 Å². The summed E-state index contributed by atoms with van der Waals surface area (Å²) < 4.78 is 71.4. The molecule has 0 aliphatic carbocycles. The van der Waals surface area contributed by atoms with Gasteiger partial charge in [-0.15, -0.1) is 0 Å². The molecule has 12 aromatic rings. The van der Waals surface area contributed by atoms with Crippen LogP contribution in [0.4, 0.5) is 0 Å². The molecular weight excluding hydrogens is 1360 g/mol. The zero-order chi connectivity index (χ0) is 71.6. The summed E-state index contributed by atoms with van der Waals surface area (Å²) in [6.45, 7) is 1.99. The van der Waals surface area contributed by atoms with Crippen LogP contribution in [-0.2, 0) is 69.8 Å². The number of fused-ring (bicyclic) bond motifs is 3. The summed E-state index contributed by atoms with van der Waals surface area (Å²) in [4.78, 5) is 23.9. The molecule has 14 nitrogen and oxygen atoms in total. The number of carbonyl (C=O) groups is 2. The van der Waals surface area contributed by atoms with Crippen molar-refractivity contribution in [3.05, 3.63) is 367 Å². The van der Waals surface area contributed by atoms with E-state index in [0.717, 1.165) is 117 Å². The predicted molar refractivity (Wildman–Crippen MR) is 400 cm³/mol. The lowest BCUT2D eigenvalue weighted by atomic mass is 9.80. The SMILES string of the molecule is COC(=O)c1cccc(COc2ccc(Br)c(OCc3cccc(COC(c4ccccc4)(c4ccc(OC)cc4)c4ccc(OC)cc4)c3)c2)c1.COC(=O)c1cccc(COc2ccc3c(c2)COc2cc(COC(c4ccccc4)(c4ccc(OC)cc4)c4ccc(OC)cc4)ccc2-3)c1. The smallest absolute Gasteiger partial charge is 0.337 e. The lowest BCUT2D eigenvalue weighted by Crippen LogP contribution is -2.32. The number of carbonyl (C=O) groups excluding carboxylic acids is 2. The summed E-state index contributed by atoms with van der Waals surface area (Å²) in [5.41, 5.74) is 12.8. The molecule has 0 saturated carbocycles. The first-order valence-electron chi connectivity index (χ1n) is 33.4. The van der Waals surface area contributed by atoms with Crippen molar-refractivity contribution in [3.63, 3.8) is 0 Å². The number of hydrogen-bond acceptors (Lipinski definition) is 14. The van der Waals surface area contributed by atoms with Crippen LogP contribution in [0.25, 0.3) is 11.1 Å². The van der Waals surface area contributed by atoms with Crippen molar-refractivity contribution in [2.24, 2.45) is 0 Å². The van der Waals surface area contributed by atoms with E-state index < -0.39 is 11.2 Å². The fourth-order valence-corrected chi connectivity index (χ4v) is 12.9. The van der Waals surface area contributed by atoms with Gasteiger partial charge in [-0.25, -0.2) is 9.59 Å². The minimum Gasteiger partial charge on any atom is -0.497 e. The Morgan fingerprint density at radius 1 is 0.340 bits per heavy atom. The quantitative estimate of drug-likeness (QED) is 0.0355. The van der Waals surface area contributed by atoms with Gasteiger partial charge in [-0.1, -0.05) is 176 Å². The monoisotopic (exact) mass is 1440 g/mol. The fraction of sp³-hybridized carbons (Fsp3) is 0.159. The molecule has 12 aromatic carbocycles. The van der Waals surface area contributed by atoms with Crippen LogP contribution in [0.3, 0.4) is 0 Å². The van der Waals surface area contributed by atoms with Crippen molar-refractivity contribution in [1.82, 2.24) is 0 Å². The van der Waals surface area contributed by atoms with Crippen molar-refractivity contribution >= 4 is 27.9 Å². The van der Waals surface area contributed by atoms with Crippen molar-refractivity contribution < 1.29 is 66.4 Å². The molecule has 1 heterocycles. The highest BCUT2D eigenvalue weighted by molar-refractivity contribution is 9.10. The van der Waals surface area contributed by atoms with Gasteiger partial charge in [0.2, 0.25) is 0 Å². The minimum atomic E-state index is -0.932. The first kappa shape index (κ1) is 71.2. The standard InChI is InChI=1S/C44H39BrO7.C44H38O7/c1-47-38-19-15-36(16-20-38)44(35-13-5-4-6-14-35,37-17-21-39(48-2)22-18-37)52-30-32-10-7-9-31(25-32)29-51-42-27-40(23-24-41(42)45)50-28-33-11-8-12-34(26-33)43(46)49-3;1-46-37-17-13-35(14-18-37)44(34-10-5-4-6-11-34,36-15-19-38(47-2)20-16-36)51-28-31-12-22-41-40-23-21-39(26-33(40)29-50-42(41)25-31)49-27-30-8-7-9-32(24-30)43(45)48-3/h4-27H,28-30H2,1-3H3;4-26H,27-29H2,1-3H3. The molecule has 0 amide bonds. The maximum atomic E-state index is 11.9. The molecule has 0 saturated heterocycles. The average molecular weight is 1440 g/mol. The number of rotatable bonds is 27. The molecule has 0 radical (unpaired) electrons. The first-order valence-corrected chi connectivity index (χ1v) is 34.2. The molecule has 0 aromatic heterocycles. The second-order valence-electron chi connectivity index (χ2n) is 24.2. The van der Waals surface area contributed by atoms with E-state index in [9.17, 15) is 9.59 Å². The molecule has 520 valence electrons. The Bertz CT molecular complexity index is 4720. The van der Waals surface area contributed by atoms with Crippen molar-refractivity contribution in [2.75, 3.05) is 42.7 Å². The average Bonchev–Trinajstić information content (AvgIpc) is 0.760. The van der Waals surface area contributed by atoms with Gasteiger partial charge < -0.3 is 56.8 Å². The van der Waals surface area contributed by atoms with Crippen LogP contribution < -0.4 is 37.9 Å². The predicted octanol–water partition coefficient (Wildman–Crippen LogP) is 19.1. The van der Waals surface area contributed by atoms with Gasteiger partial charge in [0.05, 0.1) is 71.5 Å². The van der Waals surface area contributed by atoms with E-state index in [1.54, 1.807) is 58.8 Å². The van der Waals surface area contributed by atoms with Crippen molar-refractivity contribution in [2.45, 2.75) is 50.8 Å². The highest BCUT2D eigenvalue weighted by atomic mass is 79.9. The molecule has 1 aliphatic rings. The second kappa shape index (κ2) is 33.7. The molecule has 1 aliphatic heterocycles. The van der Waals surface area contributed by atoms with E-state index in [0.29, 0.717) is 55.7 Å². The summed E-state index contributed by atoms with van der Waals surface area (Å²) in [6, 6.07) is 93.1. The Balaban J connectivity index is 0.000000194. The van der Waals surface area contributed by atoms with Gasteiger partial charge in [0.1, 0.15) is 83.6 Å². The fourth-order valence-electron chi connectivity index (χ4n) is 12.5. The lowest BCUT2D eigenvalue weighted by Gasteiger charge is -2.36. The van der Waals surface area contributed by atoms with E-state index in [1.807, 2.05) is 146 Å². The molecule has 0 bridgehead atoms.